The second-order valence-electron chi connectivity index (χ2n) is 13.8. The van der Waals surface area contributed by atoms with Crippen molar-refractivity contribution >= 4 is 59.3 Å². The van der Waals surface area contributed by atoms with Gasteiger partial charge in [-0.1, -0.05) is 158 Å². The normalized spacial score (nSPS) is 11.3. The van der Waals surface area contributed by atoms with E-state index in [4.69, 9.17) is 0 Å². The number of benzene rings is 9. The Morgan fingerprint density at radius 1 is 0.296 bits per heavy atom. The fourth-order valence-corrected chi connectivity index (χ4v) is 8.83. The van der Waals surface area contributed by atoms with Gasteiger partial charge in [-0.3, -0.25) is 0 Å². The molecule has 0 saturated carbocycles. The predicted molar refractivity (Wildman–Crippen MR) is 233 cm³/mol. The first-order valence-electron chi connectivity index (χ1n) is 18.4. The highest BCUT2D eigenvalue weighted by Crippen LogP contribution is 2.43. The third-order valence-electron chi connectivity index (χ3n) is 10.5. The molecule has 0 radical (unpaired) electrons. The number of hydrogen-bond acceptors (Lipinski definition) is 2. The quantitative estimate of drug-likeness (QED) is 0.160. The van der Waals surface area contributed by atoms with Crippen LogP contribution in [0.25, 0.3) is 75.5 Å². The maximum Gasteiger partial charge on any atom is 0.0540 e. The molecular weight excluding hydrogens is 671 g/mol. The van der Waals surface area contributed by atoms with Crippen molar-refractivity contribution in [1.82, 2.24) is 0 Å². The van der Waals surface area contributed by atoms with Crippen LogP contribution in [0.4, 0.5) is 17.1 Å². The molecular formula is C52H35NS. The molecule has 0 aliphatic heterocycles. The topological polar surface area (TPSA) is 3.24 Å². The summed E-state index contributed by atoms with van der Waals surface area (Å²) in [6.07, 6.45) is 0. The van der Waals surface area contributed by atoms with E-state index in [2.05, 4.69) is 217 Å². The minimum atomic E-state index is 1.10. The summed E-state index contributed by atoms with van der Waals surface area (Å²) in [7, 11) is 0. The van der Waals surface area contributed by atoms with Gasteiger partial charge in [0.05, 0.1) is 5.69 Å². The fourth-order valence-electron chi connectivity index (χ4n) is 7.70. The predicted octanol–water partition coefficient (Wildman–Crippen LogP) is 15.3. The smallest absolute Gasteiger partial charge is 0.0540 e. The molecule has 0 bridgehead atoms. The highest BCUT2D eigenvalue weighted by molar-refractivity contribution is 7.25. The summed E-state index contributed by atoms with van der Waals surface area (Å²) in [4.78, 5) is 2.39. The summed E-state index contributed by atoms with van der Waals surface area (Å²) >= 11 is 1.87. The van der Waals surface area contributed by atoms with E-state index in [1.807, 2.05) is 11.3 Å². The molecule has 1 heterocycles. The zero-order chi connectivity index (χ0) is 35.8. The lowest BCUT2D eigenvalue weighted by Crippen LogP contribution is -2.11. The molecule has 1 nitrogen and oxygen atoms in total. The average molecular weight is 706 g/mol. The summed E-state index contributed by atoms with van der Waals surface area (Å²) in [5.41, 5.74) is 12.9. The van der Waals surface area contributed by atoms with Gasteiger partial charge < -0.3 is 4.90 Å². The van der Waals surface area contributed by atoms with Gasteiger partial charge in [-0.25, -0.2) is 0 Å². The van der Waals surface area contributed by atoms with Gasteiger partial charge in [-0.2, -0.15) is 0 Å². The lowest BCUT2D eigenvalue weighted by Gasteiger charge is -2.28. The molecule has 0 spiro atoms. The summed E-state index contributed by atoms with van der Waals surface area (Å²) in [5, 5.41) is 5.20. The lowest BCUT2D eigenvalue weighted by molar-refractivity contribution is 1.28. The van der Waals surface area contributed by atoms with Crippen LogP contribution in [0.5, 0.6) is 0 Å². The van der Waals surface area contributed by atoms with Crippen LogP contribution in [-0.2, 0) is 0 Å². The van der Waals surface area contributed by atoms with Crippen molar-refractivity contribution < 1.29 is 0 Å². The van der Waals surface area contributed by atoms with E-state index in [0.717, 1.165) is 17.1 Å². The zero-order valence-corrected chi connectivity index (χ0v) is 30.4. The number of anilines is 3. The maximum absolute atomic E-state index is 2.39. The molecule has 2 heteroatoms. The van der Waals surface area contributed by atoms with Crippen LogP contribution in [0.15, 0.2) is 212 Å². The standard InChI is InChI=1S/C52H35NS/c1-3-11-36(12-4-1)38-19-21-41(22-20-38)47-15-7-9-17-50(47)53(45-29-25-39(26-30-45)37-13-5-2-6-14-37)46-31-27-40(28-32-46)42-23-24-43-35-52-49(34-44(43)33-42)48-16-8-10-18-51(48)54-52/h1-35H. The first-order valence-corrected chi connectivity index (χ1v) is 19.2. The van der Waals surface area contributed by atoms with Crippen LogP contribution in [0.3, 0.4) is 0 Å². The number of nitrogens with zero attached hydrogens (tertiary/aromatic N) is 1. The SMILES string of the molecule is c1ccc(-c2ccc(-c3ccccc3N(c3ccc(-c4ccccc4)cc3)c3ccc(-c4ccc5cc6sc7ccccc7c6cc5c4)cc3)cc2)cc1. The van der Waals surface area contributed by atoms with E-state index in [-0.39, 0.29) is 0 Å². The van der Waals surface area contributed by atoms with Gasteiger partial charge >= 0.3 is 0 Å². The first kappa shape index (κ1) is 32.0. The van der Waals surface area contributed by atoms with Crippen molar-refractivity contribution in [3.8, 4) is 44.5 Å². The molecule has 0 amide bonds. The van der Waals surface area contributed by atoms with Gasteiger partial charge in [0.25, 0.3) is 0 Å². The molecule has 0 atom stereocenters. The maximum atomic E-state index is 2.39. The van der Waals surface area contributed by atoms with Crippen LogP contribution < -0.4 is 4.90 Å². The molecule has 10 rings (SSSR count). The van der Waals surface area contributed by atoms with Crippen molar-refractivity contribution in [2.75, 3.05) is 4.90 Å². The second kappa shape index (κ2) is 13.7. The Morgan fingerprint density at radius 3 is 1.46 bits per heavy atom. The Balaban J connectivity index is 1.05. The van der Waals surface area contributed by atoms with Crippen LogP contribution >= 0.6 is 11.3 Å². The van der Waals surface area contributed by atoms with Gasteiger partial charge in [0.2, 0.25) is 0 Å². The third-order valence-corrected chi connectivity index (χ3v) is 11.6. The van der Waals surface area contributed by atoms with E-state index in [9.17, 15) is 0 Å². The van der Waals surface area contributed by atoms with Crippen molar-refractivity contribution in [2.45, 2.75) is 0 Å². The van der Waals surface area contributed by atoms with E-state index in [0.29, 0.717) is 0 Å². The van der Waals surface area contributed by atoms with Gasteiger partial charge in [0.1, 0.15) is 0 Å². The summed E-state index contributed by atoms with van der Waals surface area (Å²) in [6.45, 7) is 0. The number of hydrogen-bond donors (Lipinski definition) is 0. The Bertz CT molecular complexity index is 2890. The fraction of sp³-hybridized carbons (Fsp3) is 0. The van der Waals surface area contributed by atoms with Crippen LogP contribution in [0.2, 0.25) is 0 Å². The van der Waals surface area contributed by atoms with Crippen LogP contribution in [0, 0.1) is 0 Å². The molecule has 0 aliphatic rings. The van der Waals surface area contributed by atoms with Crippen molar-refractivity contribution in [1.29, 1.82) is 0 Å². The number of fused-ring (bicyclic) bond motifs is 4. The van der Waals surface area contributed by atoms with Crippen molar-refractivity contribution in [3.05, 3.63) is 212 Å². The highest BCUT2D eigenvalue weighted by atomic mass is 32.1. The molecule has 9 aromatic carbocycles. The molecule has 254 valence electrons. The van der Waals surface area contributed by atoms with E-state index in [1.165, 1.54) is 75.5 Å². The van der Waals surface area contributed by atoms with Crippen molar-refractivity contribution in [3.63, 3.8) is 0 Å². The van der Waals surface area contributed by atoms with Crippen LogP contribution in [-0.4, -0.2) is 0 Å². The molecule has 0 fully saturated rings. The molecule has 54 heavy (non-hydrogen) atoms. The zero-order valence-electron chi connectivity index (χ0n) is 29.6. The van der Waals surface area contributed by atoms with Gasteiger partial charge in [-0.05, 0) is 104 Å². The van der Waals surface area contributed by atoms with E-state index >= 15 is 0 Å². The Hall–Kier alpha value is -6.74. The second-order valence-corrected chi connectivity index (χ2v) is 14.8. The molecule has 1 aromatic heterocycles. The molecule has 0 unspecified atom stereocenters. The van der Waals surface area contributed by atoms with Gasteiger partial charge in [0, 0.05) is 37.1 Å². The largest absolute Gasteiger partial charge is 0.310 e. The van der Waals surface area contributed by atoms with E-state index < -0.39 is 0 Å². The molecule has 0 aliphatic carbocycles. The Labute approximate surface area is 319 Å². The van der Waals surface area contributed by atoms with Gasteiger partial charge in [0.15, 0.2) is 0 Å². The first-order chi connectivity index (χ1) is 26.7. The lowest BCUT2D eigenvalue weighted by atomic mass is 9.97. The monoisotopic (exact) mass is 705 g/mol. The van der Waals surface area contributed by atoms with Gasteiger partial charge in [-0.15, -0.1) is 11.3 Å². The van der Waals surface area contributed by atoms with E-state index in [1.54, 1.807) is 0 Å². The summed E-state index contributed by atoms with van der Waals surface area (Å²) in [5.74, 6) is 0. The highest BCUT2D eigenvalue weighted by Gasteiger charge is 2.18. The Morgan fingerprint density at radius 2 is 0.796 bits per heavy atom. The minimum Gasteiger partial charge on any atom is -0.310 e. The molecule has 10 aromatic rings. The molecule has 0 saturated heterocycles. The minimum absolute atomic E-state index is 1.10. The number of rotatable bonds is 7. The number of para-hydroxylation sites is 1. The Kier molecular flexibility index (Phi) is 8.09. The summed E-state index contributed by atoms with van der Waals surface area (Å²) in [6, 6.07) is 77.1. The van der Waals surface area contributed by atoms with Crippen LogP contribution in [0.1, 0.15) is 0 Å². The average Bonchev–Trinajstić information content (AvgIpc) is 3.61. The number of thiophene rings is 1. The van der Waals surface area contributed by atoms with Crippen molar-refractivity contribution in [2.24, 2.45) is 0 Å². The third kappa shape index (κ3) is 5.93. The molecule has 0 N–H and O–H groups in total. The summed E-state index contributed by atoms with van der Waals surface area (Å²) < 4.78 is 2.67.